The Labute approximate surface area is 140 Å². The number of benzene rings is 1. The van der Waals surface area contributed by atoms with Gasteiger partial charge in [0.15, 0.2) is 5.76 Å². The van der Waals surface area contributed by atoms with Gasteiger partial charge in [-0.2, -0.15) is 0 Å². The molecule has 1 saturated carbocycles. The van der Waals surface area contributed by atoms with Crippen LogP contribution in [0.2, 0.25) is 0 Å². The van der Waals surface area contributed by atoms with E-state index in [1.165, 1.54) is 6.26 Å². The van der Waals surface area contributed by atoms with Gasteiger partial charge < -0.3 is 14.5 Å². The molecule has 0 radical (unpaired) electrons. The van der Waals surface area contributed by atoms with Crippen molar-refractivity contribution in [2.24, 2.45) is 0 Å². The van der Waals surface area contributed by atoms with Gasteiger partial charge in [0.2, 0.25) is 0 Å². The molecule has 1 fully saturated rings. The number of ether oxygens (including phenoxy) is 1. The number of hydrogen-bond donors (Lipinski definition) is 2. The Bertz CT molecular complexity index is 670. The quantitative estimate of drug-likeness (QED) is 0.899. The van der Waals surface area contributed by atoms with Gasteiger partial charge in [-0.1, -0.05) is 18.2 Å². The van der Waals surface area contributed by atoms with Crippen molar-refractivity contribution in [2.75, 3.05) is 5.32 Å². The molecule has 1 aromatic heterocycles. The fraction of sp³-hybridized carbons (Fsp3) is 0.333. The van der Waals surface area contributed by atoms with Crippen LogP contribution < -0.4 is 10.6 Å². The van der Waals surface area contributed by atoms with Crippen LogP contribution in [-0.2, 0) is 4.74 Å². The molecule has 2 aromatic rings. The second-order valence-electron chi connectivity index (χ2n) is 5.83. The van der Waals surface area contributed by atoms with Crippen LogP contribution in [-0.4, -0.2) is 24.1 Å². The molecule has 3 rings (SSSR count). The molecule has 2 N–H and O–H groups in total. The summed E-state index contributed by atoms with van der Waals surface area (Å²) in [5.41, 5.74) is 0.695. The first kappa shape index (κ1) is 16.1. The number of amides is 2. The Hall–Kier alpha value is -2.76. The van der Waals surface area contributed by atoms with E-state index in [1.54, 1.807) is 24.3 Å². The number of carbonyl (C=O) groups is 2. The molecule has 2 atom stereocenters. The summed E-state index contributed by atoms with van der Waals surface area (Å²) < 4.78 is 10.6. The van der Waals surface area contributed by atoms with E-state index in [9.17, 15) is 9.59 Å². The predicted octanol–water partition coefficient (Wildman–Crippen LogP) is 3.57. The minimum atomic E-state index is -0.468. The Morgan fingerprint density at radius 1 is 1.08 bits per heavy atom. The molecule has 0 aliphatic heterocycles. The average molecular weight is 328 g/mol. The average Bonchev–Trinajstić information content (AvgIpc) is 3.10. The highest BCUT2D eigenvalue weighted by atomic mass is 16.6. The first-order valence-electron chi connectivity index (χ1n) is 8.08. The van der Waals surface area contributed by atoms with Crippen molar-refractivity contribution in [3.63, 3.8) is 0 Å². The number of para-hydroxylation sites is 1. The van der Waals surface area contributed by atoms with Gasteiger partial charge in [0.05, 0.1) is 6.26 Å². The van der Waals surface area contributed by atoms with Crippen molar-refractivity contribution in [1.82, 2.24) is 5.32 Å². The van der Waals surface area contributed by atoms with E-state index < -0.39 is 6.09 Å². The Morgan fingerprint density at radius 3 is 2.67 bits per heavy atom. The molecule has 0 spiro atoms. The van der Waals surface area contributed by atoms with E-state index in [0.717, 1.165) is 19.3 Å². The summed E-state index contributed by atoms with van der Waals surface area (Å²) >= 11 is 0. The lowest BCUT2D eigenvalue weighted by atomic mass is 9.93. The van der Waals surface area contributed by atoms with Crippen LogP contribution in [0.4, 0.5) is 10.5 Å². The zero-order valence-electron chi connectivity index (χ0n) is 13.2. The highest BCUT2D eigenvalue weighted by molar-refractivity contribution is 5.91. The molecule has 0 bridgehead atoms. The fourth-order valence-corrected chi connectivity index (χ4v) is 2.87. The summed E-state index contributed by atoms with van der Waals surface area (Å²) in [7, 11) is 0. The molecule has 1 aromatic carbocycles. The molecule has 1 heterocycles. The van der Waals surface area contributed by atoms with E-state index in [4.69, 9.17) is 9.15 Å². The number of nitrogens with one attached hydrogen (secondary N) is 2. The molecular formula is C18H20N2O4. The number of furan rings is 1. The first-order valence-corrected chi connectivity index (χ1v) is 8.08. The molecule has 126 valence electrons. The van der Waals surface area contributed by atoms with Crippen LogP contribution in [0.3, 0.4) is 0 Å². The maximum absolute atomic E-state index is 12.0. The van der Waals surface area contributed by atoms with Gasteiger partial charge in [0.1, 0.15) is 6.10 Å². The molecule has 0 unspecified atom stereocenters. The van der Waals surface area contributed by atoms with Gasteiger partial charge in [-0.05, 0) is 43.5 Å². The standard InChI is InChI=1S/C18H20N2O4/c21-17(16-10-5-11-23-16)19-14-8-4-9-15(12-14)24-18(22)20-13-6-2-1-3-7-13/h1-3,5-7,10-11,14-15H,4,8-9,12H2,(H,19,21)(H,20,22)/t14-,15-/m0/s1. The van der Waals surface area contributed by atoms with Crippen molar-refractivity contribution in [3.05, 3.63) is 54.5 Å². The molecular weight excluding hydrogens is 308 g/mol. The Balaban J connectivity index is 1.48. The topological polar surface area (TPSA) is 80.6 Å². The van der Waals surface area contributed by atoms with Gasteiger partial charge >= 0.3 is 6.09 Å². The van der Waals surface area contributed by atoms with Crippen LogP contribution in [0.25, 0.3) is 0 Å². The Kier molecular flexibility index (Phi) is 5.15. The van der Waals surface area contributed by atoms with Gasteiger partial charge in [-0.25, -0.2) is 4.79 Å². The van der Waals surface area contributed by atoms with E-state index in [2.05, 4.69) is 10.6 Å². The minimum Gasteiger partial charge on any atom is -0.459 e. The number of anilines is 1. The Morgan fingerprint density at radius 2 is 1.92 bits per heavy atom. The van der Waals surface area contributed by atoms with E-state index in [-0.39, 0.29) is 18.1 Å². The lowest BCUT2D eigenvalue weighted by Crippen LogP contribution is -2.41. The SMILES string of the molecule is O=C(Nc1ccccc1)O[C@H]1CCC[C@H](NC(=O)c2ccco2)C1. The lowest BCUT2D eigenvalue weighted by Gasteiger charge is -2.29. The van der Waals surface area contributed by atoms with Crippen molar-refractivity contribution in [1.29, 1.82) is 0 Å². The van der Waals surface area contributed by atoms with Crippen LogP contribution in [0.1, 0.15) is 36.2 Å². The van der Waals surface area contributed by atoms with Gasteiger partial charge in [-0.3, -0.25) is 10.1 Å². The van der Waals surface area contributed by atoms with Crippen molar-refractivity contribution in [3.8, 4) is 0 Å². The number of rotatable bonds is 4. The minimum absolute atomic E-state index is 0.0223. The molecule has 1 aliphatic carbocycles. The van der Waals surface area contributed by atoms with E-state index in [1.807, 2.05) is 18.2 Å². The number of carbonyl (C=O) groups excluding carboxylic acids is 2. The van der Waals surface area contributed by atoms with Crippen molar-refractivity contribution < 1.29 is 18.7 Å². The second-order valence-corrected chi connectivity index (χ2v) is 5.83. The summed E-state index contributed by atoms with van der Waals surface area (Å²) in [5, 5.41) is 5.63. The van der Waals surface area contributed by atoms with Crippen LogP contribution >= 0.6 is 0 Å². The summed E-state index contributed by atoms with van der Waals surface area (Å²) in [6, 6.07) is 12.4. The zero-order chi connectivity index (χ0) is 16.8. The highest BCUT2D eigenvalue weighted by Crippen LogP contribution is 2.22. The van der Waals surface area contributed by atoms with Crippen LogP contribution in [0.15, 0.2) is 53.1 Å². The van der Waals surface area contributed by atoms with Crippen molar-refractivity contribution >= 4 is 17.7 Å². The fourth-order valence-electron chi connectivity index (χ4n) is 2.87. The second kappa shape index (κ2) is 7.68. The molecule has 24 heavy (non-hydrogen) atoms. The summed E-state index contributed by atoms with van der Waals surface area (Å²) in [6.45, 7) is 0. The van der Waals surface area contributed by atoms with E-state index in [0.29, 0.717) is 17.9 Å². The monoisotopic (exact) mass is 328 g/mol. The largest absolute Gasteiger partial charge is 0.459 e. The summed E-state index contributed by atoms with van der Waals surface area (Å²) in [4.78, 5) is 24.0. The third kappa shape index (κ3) is 4.38. The smallest absolute Gasteiger partial charge is 0.411 e. The maximum atomic E-state index is 12.0. The normalized spacial score (nSPS) is 20.2. The third-order valence-corrected chi connectivity index (χ3v) is 4.00. The van der Waals surface area contributed by atoms with Gasteiger partial charge in [0.25, 0.3) is 5.91 Å². The zero-order valence-corrected chi connectivity index (χ0v) is 13.2. The molecule has 1 aliphatic rings. The predicted molar refractivity (Wildman–Crippen MR) is 88.8 cm³/mol. The molecule has 6 heteroatoms. The molecule has 0 saturated heterocycles. The molecule has 2 amide bonds. The summed E-state index contributed by atoms with van der Waals surface area (Å²) in [6.07, 6.45) is 3.96. The third-order valence-electron chi connectivity index (χ3n) is 4.00. The van der Waals surface area contributed by atoms with Crippen molar-refractivity contribution in [2.45, 2.75) is 37.8 Å². The van der Waals surface area contributed by atoms with Gasteiger partial charge in [-0.15, -0.1) is 0 Å². The van der Waals surface area contributed by atoms with Gasteiger partial charge in [0, 0.05) is 18.2 Å². The van der Waals surface area contributed by atoms with Crippen LogP contribution in [0, 0.1) is 0 Å². The first-order chi connectivity index (χ1) is 11.7. The molecule has 6 nitrogen and oxygen atoms in total. The van der Waals surface area contributed by atoms with Crippen LogP contribution in [0.5, 0.6) is 0 Å². The summed E-state index contributed by atoms with van der Waals surface area (Å²) in [5.74, 6) is 0.0549. The van der Waals surface area contributed by atoms with E-state index >= 15 is 0 Å². The highest BCUT2D eigenvalue weighted by Gasteiger charge is 2.26. The maximum Gasteiger partial charge on any atom is 0.411 e. The lowest BCUT2D eigenvalue weighted by molar-refractivity contribution is 0.0702. The number of hydrogen-bond acceptors (Lipinski definition) is 4.